The molecule has 68 valence electrons. The lowest BCUT2D eigenvalue weighted by Crippen LogP contribution is -1.99. The van der Waals surface area contributed by atoms with Crippen molar-refractivity contribution in [3.8, 4) is 0 Å². The molecule has 1 N–H and O–H groups in total. The van der Waals surface area contributed by atoms with Crippen molar-refractivity contribution < 1.29 is 14.3 Å². The second-order valence-corrected chi connectivity index (χ2v) is 3.56. The molecule has 0 radical (unpaired) electrons. The Kier molecular flexibility index (Phi) is 1.81. The van der Waals surface area contributed by atoms with E-state index in [-0.39, 0.29) is 6.42 Å². The van der Waals surface area contributed by atoms with E-state index in [2.05, 4.69) is 4.37 Å². The first-order chi connectivity index (χ1) is 6.16. The molecule has 0 saturated carbocycles. The topological polar surface area (TPSA) is 63.3 Å². The molecule has 0 atom stereocenters. The zero-order chi connectivity index (χ0) is 9.42. The molecule has 4 nitrogen and oxygen atoms in total. The van der Waals surface area contributed by atoms with E-state index in [1.165, 1.54) is 11.5 Å². The second kappa shape index (κ2) is 2.85. The van der Waals surface area contributed by atoms with Gasteiger partial charge in [-0.25, -0.2) is 0 Å². The van der Waals surface area contributed by atoms with Crippen molar-refractivity contribution in [1.29, 1.82) is 0 Å². The van der Waals surface area contributed by atoms with Crippen LogP contribution in [0.15, 0.2) is 10.5 Å². The molecule has 0 amide bonds. The third kappa shape index (κ3) is 1.42. The van der Waals surface area contributed by atoms with Crippen molar-refractivity contribution in [2.45, 2.75) is 13.3 Å². The molecule has 0 bridgehead atoms. The van der Waals surface area contributed by atoms with Gasteiger partial charge in [-0.15, -0.1) is 0 Å². The van der Waals surface area contributed by atoms with Crippen molar-refractivity contribution in [3.05, 3.63) is 17.5 Å². The molecule has 2 heterocycles. The van der Waals surface area contributed by atoms with Crippen LogP contribution in [0.4, 0.5) is 0 Å². The van der Waals surface area contributed by atoms with E-state index in [1.807, 2.05) is 13.0 Å². The van der Waals surface area contributed by atoms with Crippen LogP contribution in [0.2, 0.25) is 0 Å². The first kappa shape index (κ1) is 8.25. The average Bonchev–Trinajstić information content (AvgIpc) is 2.51. The number of aryl methyl sites for hydroxylation is 1. The summed E-state index contributed by atoms with van der Waals surface area (Å²) in [7, 11) is 0. The first-order valence-electron chi connectivity index (χ1n) is 3.73. The van der Waals surface area contributed by atoms with E-state index < -0.39 is 5.97 Å². The number of fused-ring (bicyclic) bond motifs is 1. The van der Waals surface area contributed by atoms with Gasteiger partial charge >= 0.3 is 5.97 Å². The highest BCUT2D eigenvalue weighted by Crippen LogP contribution is 2.26. The number of carboxylic acid groups (broad SMARTS) is 1. The third-order valence-electron chi connectivity index (χ3n) is 1.66. The van der Waals surface area contributed by atoms with Gasteiger partial charge in [-0.2, -0.15) is 4.37 Å². The van der Waals surface area contributed by atoms with Gasteiger partial charge in [0.25, 0.3) is 0 Å². The number of furan rings is 1. The number of carboxylic acids is 1. The van der Waals surface area contributed by atoms with Gasteiger partial charge in [0.15, 0.2) is 5.58 Å². The van der Waals surface area contributed by atoms with Crippen LogP contribution in [0, 0.1) is 6.92 Å². The lowest BCUT2D eigenvalue weighted by atomic mass is 10.3. The smallest absolute Gasteiger partial charge is 0.309 e. The summed E-state index contributed by atoms with van der Waals surface area (Å²) in [5, 5.41) is 8.57. The summed E-state index contributed by atoms with van der Waals surface area (Å²) in [5.74, 6) is -0.100. The molecule has 0 fully saturated rings. The number of rotatable bonds is 2. The molecule has 0 aliphatic heterocycles. The van der Waals surface area contributed by atoms with Gasteiger partial charge in [0, 0.05) is 0 Å². The van der Waals surface area contributed by atoms with Crippen molar-refractivity contribution in [2.24, 2.45) is 0 Å². The van der Waals surface area contributed by atoms with Crippen LogP contribution < -0.4 is 0 Å². The quantitative estimate of drug-likeness (QED) is 0.797. The summed E-state index contributed by atoms with van der Waals surface area (Å²) in [6, 6.07) is 1.86. The van der Waals surface area contributed by atoms with Crippen LogP contribution in [0.1, 0.15) is 11.5 Å². The van der Waals surface area contributed by atoms with Gasteiger partial charge in [0.1, 0.15) is 11.5 Å². The number of hydrogen-bond acceptors (Lipinski definition) is 4. The van der Waals surface area contributed by atoms with E-state index >= 15 is 0 Å². The minimum absolute atomic E-state index is 0.0764. The molecule has 0 saturated heterocycles. The fourth-order valence-corrected chi connectivity index (χ4v) is 1.98. The molecule has 0 spiro atoms. The fraction of sp³-hybridized carbons (Fsp3) is 0.250. The molecule has 2 rings (SSSR count). The van der Waals surface area contributed by atoms with Gasteiger partial charge in [-0.1, -0.05) is 0 Å². The molecule has 5 heteroatoms. The molecule has 2 aromatic rings. The van der Waals surface area contributed by atoms with E-state index in [9.17, 15) is 4.79 Å². The summed E-state index contributed by atoms with van der Waals surface area (Å²) < 4.78 is 10.2. The van der Waals surface area contributed by atoms with Gasteiger partial charge in [0.05, 0.1) is 11.1 Å². The maximum atomic E-state index is 10.4. The Morgan fingerprint density at radius 3 is 3.23 bits per heavy atom. The van der Waals surface area contributed by atoms with Gasteiger partial charge in [0.2, 0.25) is 0 Å². The number of carbonyl (C=O) groups is 1. The summed E-state index contributed by atoms with van der Waals surface area (Å²) in [6.45, 7) is 1.83. The lowest BCUT2D eigenvalue weighted by molar-refractivity contribution is -0.136. The van der Waals surface area contributed by atoms with Gasteiger partial charge < -0.3 is 9.52 Å². The highest BCUT2D eigenvalue weighted by Gasteiger charge is 2.13. The van der Waals surface area contributed by atoms with E-state index in [0.29, 0.717) is 11.3 Å². The predicted molar refractivity (Wildman–Crippen MR) is 48.0 cm³/mol. The van der Waals surface area contributed by atoms with Crippen molar-refractivity contribution in [3.63, 3.8) is 0 Å². The largest absolute Gasteiger partial charge is 0.481 e. The minimum atomic E-state index is -0.888. The fourth-order valence-electron chi connectivity index (χ4n) is 1.16. The van der Waals surface area contributed by atoms with Crippen molar-refractivity contribution >= 4 is 27.8 Å². The summed E-state index contributed by atoms with van der Waals surface area (Å²) in [4.78, 5) is 10.4. The summed E-state index contributed by atoms with van der Waals surface area (Å²) >= 11 is 1.27. The molecule has 0 unspecified atom stereocenters. The van der Waals surface area contributed by atoms with Gasteiger partial charge in [-0.3, -0.25) is 4.79 Å². The Morgan fingerprint density at radius 2 is 2.54 bits per heavy atom. The molecule has 0 aliphatic rings. The molecule has 0 aromatic carbocycles. The van der Waals surface area contributed by atoms with Crippen LogP contribution in [-0.2, 0) is 11.2 Å². The van der Waals surface area contributed by atoms with E-state index in [4.69, 9.17) is 9.52 Å². The highest BCUT2D eigenvalue weighted by atomic mass is 32.1. The van der Waals surface area contributed by atoms with Crippen LogP contribution in [0.5, 0.6) is 0 Å². The molecule has 2 aromatic heterocycles. The molecule has 0 aliphatic carbocycles. The molecular formula is C8H7NO3S. The first-order valence-corrected chi connectivity index (χ1v) is 4.50. The SMILES string of the molecule is Cc1cc2snc(CC(=O)O)c2o1. The van der Waals surface area contributed by atoms with Crippen LogP contribution in [0.3, 0.4) is 0 Å². The number of hydrogen-bond donors (Lipinski definition) is 1. The van der Waals surface area contributed by atoms with Crippen molar-refractivity contribution in [2.75, 3.05) is 0 Å². The predicted octanol–water partition coefficient (Wildman–Crippen LogP) is 1.82. The van der Waals surface area contributed by atoms with Gasteiger partial charge in [-0.05, 0) is 24.5 Å². The van der Waals surface area contributed by atoms with E-state index in [0.717, 1.165) is 10.5 Å². The molecular weight excluding hydrogens is 190 g/mol. The zero-order valence-electron chi connectivity index (χ0n) is 6.90. The summed E-state index contributed by atoms with van der Waals surface area (Å²) in [5.41, 5.74) is 1.13. The lowest BCUT2D eigenvalue weighted by Gasteiger charge is -1.87. The zero-order valence-corrected chi connectivity index (χ0v) is 7.72. The monoisotopic (exact) mass is 197 g/mol. The Morgan fingerprint density at radius 1 is 1.77 bits per heavy atom. The summed E-state index contributed by atoms with van der Waals surface area (Å²) in [6.07, 6.45) is -0.0764. The Hall–Kier alpha value is -1.36. The number of aliphatic carboxylic acids is 1. The minimum Gasteiger partial charge on any atom is -0.481 e. The Balaban J connectivity index is 2.50. The maximum Gasteiger partial charge on any atom is 0.309 e. The normalized spacial score (nSPS) is 10.8. The highest BCUT2D eigenvalue weighted by molar-refractivity contribution is 7.13. The van der Waals surface area contributed by atoms with E-state index in [1.54, 1.807) is 0 Å². The number of aromatic nitrogens is 1. The standard InChI is InChI=1S/C8H7NO3S/c1-4-2-6-8(12-4)5(9-13-6)3-7(10)11/h2H,3H2,1H3,(H,10,11). The maximum absolute atomic E-state index is 10.4. The second-order valence-electron chi connectivity index (χ2n) is 2.75. The van der Waals surface area contributed by atoms with Crippen LogP contribution in [0.25, 0.3) is 10.3 Å². The van der Waals surface area contributed by atoms with Crippen LogP contribution in [-0.4, -0.2) is 15.4 Å². The van der Waals surface area contributed by atoms with Crippen LogP contribution >= 0.6 is 11.5 Å². The average molecular weight is 197 g/mol. The Bertz CT molecular complexity index is 457. The van der Waals surface area contributed by atoms with Crippen molar-refractivity contribution in [1.82, 2.24) is 4.37 Å². The number of nitrogens with zero attached hydrogens (tertiary/aromatic N) is 1. The molecule has 13 heavy (non-hydrogen) atoms. The third-order valence-corrected chi connectivity index (χ3v) is 2.47. The Labute approximate surface area is 78.0 Å².